The van der Waals surface area contributed by atoms with Gasteiger partial charge in [-0.2, -0.15) is 5.10 Å². The smallest absolute Gasteiger partial charge is 0.131 e. The quantitative estimate of drug-likeness (QED) is 0.852. The molecule has 1 N–H and O–H groups in total. The highest BCUT2D eigenvalue weighted by atomic mass is 35.5. The molecule has 0 fully saturated rings. The van der Waals surface area contributed by atoms with Crippen molar-refractivity contribution in [1.82, 2.24) is 14.7 Å². The number of ether oxygens (including phenoxy) is 1. The van der Waals surface area contributed by atoms with Crippen LogP contribution in [0.3, 0.4) is 0 Å². The van der Waals surface area contributed by atoms with Crippen molar-refractivity contribution in [1.29, 1.82) is 0 Å². The maximum Gasteiger partial charge on any atom is 0.131 e. The normalized spacial score (nSPS) is 12.6. The molecule has 0 spiro atoms. The molecule has 1 unspecified atom stereocenters. The van der Waals surface area contributed by atoms with E-state index >= 15 is 0 Å². The standard InChI is InChI=1S/C15H20ClN3O2/c1-18(2)8-9-19-15(13(16)10-17-19)14(20)11-21-12-6-4-3-5-7-12/h3-7,10,14,20H,8-9,11H2,1-2H3. The molecule has 0 aliphatic heterocycles. The molecular weight excluding hydrogens is 290 g/mol. The molecule has 0 saturated heterocycles. The molecule has 1 aromatic carbocycles. The number of hydrogen-bond donors (Lipinski definition) is 1. The first-order valence-corrected chi connectivity index (χ1v) is 7.17. The number of likely N-dealkylation sites (N-methyl/N-ethyl adjacent to an activating group) is 1. The van der Waals surface area contributed by atoms with Gasteiger partial charge in [-0.15, -0.1) is 0 Å². The van der Waals surface area contributed by atoms with Crippen molar-refractivity contribution in [3.63, 3.8) is 0 Å². The van der Waals surface area contributed by atoms with Crippen LogP contribution >= 0.6 is 11.6 Å². The van der Waals surface area contributed by atoms with Gasteiger partial charge in [-0.1, -0.05) is 29.8 Å². The van der Waals surface area contributed by atoms with Gasteiger partial charge in [0.05, 0.1) is 23.5 Å². The second-order valence-electron chi connectivity index (χ2n) is 5.04. The van der Waals surface area contributed by atoms with Gasteiger partial charge in [0.15, 0.2) is 0 Å². The molecule has 0 bridgehead atoms. The van der Waals surface area contributed by atoms with Gasteiger partial charge in [0.2, 0.25) is 0 Å². The van der Waals surface area contributed by atoms with Crippen LogP contribution in [-0.4, -0.2) is 47.0 Å². The van der Waals surface area contributed by atoms with Crippen LogP contribution in [0, 0.1) is 0 Å². The van der Waals surface area contributed by atoms with Gasteiger partial charge in [-0.3, -0.25) is 4.68 Å². The highest BCUT2D eigenvalue weighted by Crippen LogP contribution is 2.23. The topological polar surface area (TPSA) is 50.5 Å². The molecule has 1 heterocycles. The van der Waals surface area contributed by atoms with Gasteiger partial charge in [0.25, 0.3) is 0 Å². The molecule has 1 aromatic heterocycles. The lowest BCUT2D eigenvalue weighted by Gasteiger charge is -2.16. The maximum atomic E-state index is 10.3. The molecule has 0 saturated carbocycles. The lowest BCUT2D eigenvalue weighted by atomic mass is 10.2. The average molecular weight is 310 g/mol. The third kappa shape index (κ3) is 4.46. The van der Waals surface area contributed by atoms with Gasteiger partial charge in [-0.05, 0) is 26.2 Å². The van der Waals surface area contributed by atoms with Crippen molar-refractivity contribution in [3.05, 3.63) is 47.2 Å². The molecule has 0 radical (unpaired) electrons. The zero-order chi connectivity index (χ0) is 15.2. The van der Waals surface area contributed by atoms with E-state index in [2.05, 4.69) is 5.10 Å². The van der Waals surface area contributed by atoms with E-state index in [-0.39, 0.29) is 6.61 Å². The predicted molar refractivity (Wildman–Crippen MR) is 82.7 cm³/mol. The fourth-order valence-electron chi connectivity index (χ4n) is 1.95. The summed E-state index contributed by atoms with van der Waals surface area (Å²) in [5, 5.41) is 15.0. The Labute approximate surface area is 129 Å². The van der Waals surface area contributed by atoms with E-state index in [1.807, 2.05) is 49.3 Å². The van der Waals surface area contributed by atoms with E-state index in [0.717, 1.165) is 6.54 Å². The first-order valence-electron chi connectivity index (χ1n) is 6.79. The largest absolute Gasteiger partial charge is 0.490 e. The number of aliphatic hydroxyl groups excluding tert-OH is 1. The van der Waals surface area contributed by atoms with Crippen molar-refractivity contribution in [2.45, 2.75) is 12.6 Å². The van der Waals surface area contributed by atoms with Crippen LogP contribution in [0.2, 0.25) is 5.02 Å². The molecule has 0 amide bonds. The zero-order valence-corrected chi connectivity index (χ0v) is 13.0. The van der Waals surface area contributed by atoms with E-state index in [0.29, 0.717) is 23.0 Å². The van der Waals surface area contributed by atoms with Gasteiger partial charge in [-0.25, -0.2) is 0 Å². The summed E-state index contributed by atoms with van der Waals surface area (Å²) in [6, 6.07) is 9.37. The van der Waals surface area contributed by atoms with E-state index in [9.17, 15) is 5.11 Å². The van der Waals surface area contributed by atoms with Crippen molar-refractivity contribution >= 4 is 11.6 Å². The third-order valence-corrected chi connectivity index (χ3v) is 3.35. The van der Waals surface area contributed by atoms with Crippen LogP contribution in [-0.2, 0) is 6.54 Å². The molecule has 21 heavy (non-hydrogen) atoms. The number of para-hydroxylation sites is 1. The van der Waals surface area contributed by atoms with Gasteiger partial charge in [0.1, 0.15) is 18.5 Å². The first kappa shape index (κ1) is 15.8. The number of aliphatic hydroxyl groups is 1. The van der Waals surface area contributed by atoms with E-state index in [1.54, 1.807) is 10.9 Å². The Hall–Kier alpha value is -1.56. The summed E-state index contributed by atoms with van der Waals surface area (Å²) in [5.41, 5.74) is 0.592. The summed E-state index contributed by atoms with van der Waals surface area (Å²) in [7, 11) is 3.97. The number of hydrogen-bond acceptors (Lipinski definition) is 4. The molecule has 0 aliphatic carbocycles. The SMILES string of the molecule is CN(C)CCn1ncc(Cl)c1C(O)COc1ccccc1. The summed E-state index contributed by atoms with van der Waals surface area (Å²) < 4.78 is 7.29. The molecule has 114 valence electrons. The number of halogens is 1. The van der Waals surface area contributed by atoms with Gasteiger partial charge >= 0.3 is 0 Å². The monoisotopic (exact) mass is 309 g/mol. The van der Waals surface area contributed by atoms with Crippen LogP contribution < -0.4 is 4.74 Å². The molecule has 2 aromatic rings. The summed E-state index contributed by atoms with van der Waals surface area (Å²) in [6.45, 7) is 1.62. The molecule has 1 atom stereocenters. The average Bonchev–Trinajstić information content (AvgIpc) is 2.85. The van der Waals surface area contributed by atoms with Gasteiger partial charge < -0.3 is 14.7 Å². The summed E-state index contributed by atoms with van der Waals surface area (Å²) in [4.78, 5) is 2.05. The van der Waals surface area contributed by atoms with Crippen LogP contribution in [0.5, 0.6) is 5.75 Å². The second kappa shape index (κ2) is 7.45. The molecule has 5 nitrogen and oxygen atoms in total. The van der Waals surface area contributed by atoms with Crippen molar-refractivity contribution < 1.29 is 9.84 Å². The molecule has 2 rings (SSSR count). The first-order chi connectivity index (χ1) is 10.1. The Morgan fingerprint density at radius 3 is 2.71 bits per heavy atom. The lowest BCUT2D eigenvalue weighted by Crippen LogP contribution is -2.22. The number of benzene rings is 1. The van der Waals surface area contributed by atoms with Crippen LogP contribution in [0.15, 0.2) is 36.5 Å². The lowest BCUT2D eigenvalue weighted by molar-refractivity contribution is 0.0996. The summed E-state index contributed by atoms with van der Waals surface area (Å²) in [5.74, 6) is 0.715. The Kier molecular flexibility index (Phi) is 5.61. The molecule has 0 aliphatic rings. The van der Waals surface area contributed by atoms with E-state index < -0.39 is 6.10 Å². The number of aromatic nitrogens is 2. The van der Waals surface area contributed by atoms with Crippen LogP contribution in [0.1, 0.15) is 11.8 Å². The van der Waals surface area contributed by atoms with Crippen molar-refractivity contribution in [3.8, 4) is 5.75 Å². The minimum atomic E-state index is -0.817. The fourth-order valence-corrected chi connectivity index (χ4v) is 2.21. The Bertz CT molecular complexity index is 557. The Morgan fingerprint density at radius 1 is 1.33 bits per heavy atom. The van der Waals surface area contributed by atoms with Crippen molar-refractivity contribution in [2.24, 2.45) is 0 Å². The highest BCUT2D eigenvalue weighted by Gasteiger charge is 2.19. The minimum absolute atomic E-state index is 0.136. The summed E-state index contributed by atoms with van der Waals surface area (Å²) >= 11 is 6.12. The fraction of sp³-hybridized carbons (Fsp3) is 0.400. The van der Waals surface area contributed by atoms with Gasteiger partial charge in [0, 0.05) is 6.54 Å². The maximum absolute atomic E-state index is 10.3. The van der Waals surface area contributed by atoms with E-state index in [4.69, 9.17) is 16.3 Å². The van der Waals surface area contributed by atoms with Crippen LogP contribution in [0.4, 0.5) is 0 Å². The highest BCUT2D eigenvalue weighted by molar-refractivity contribution is 6.31. The molecular formula is C15H20ClN3O2. The second-order valence-corrected chi connectivity index (χ2v) is 5.45. The van der Waals surface area contributed by atoms with Crippen LogP contribution in [0.25, 0.3) is 0 Å². The number of nitrogens with zero attached hydrogens (tertiary/aromatic N) is 3. The third-order valence-electron chi connectivity index (χ3n) is 3.06. The number of rotatable bonds is 7. The minimum Gasteiger partial charge on any atom is -0.490 e. The Balaban J connectivity index is 2.01. The molecule has 6 heteroatoms. The zero-order valence-electron chi connectivity index (χ0n) is 12.2. The van der Waals surface area contributed by atoms with Crippen molar-refractivity contribution in [2.75, 3.05) is 27.2 Å². The Morgan fingerprint density at radius 2 is 2.05 bits per heavy atom. The summed E-state index contributed by atoms with van der Waals surface area (Å²) in [6.07, 6.45) is 0.737. The predicted octanol–water partition coefficient (Wildman–Crippen LogP) is 2.21. The van der Waals surface area contributed by atoms with E-state index in [1.165, 1.54) is 0 Å².